The maximum absolute atomic E-state index is 12.4. The molecule has 0 bridgehead atoms. The van der Waals surface area contributed by atoms with Crippen LogP contribution >= 0.6 is 11.6 Å². The minimum absolute atomic E-state index is 0.106. The quantitative estimate of drug-likeness (QED) is 0.493. The highest BCUT2D eigenvalue weighted by Crippen LogP contribution is 2.35. The average Bonchev–Trinajstić information content (AvgIpc) is 3.52. The summed E-state index contributed by atoms with van der Waals surface area (Å²) in [6.45, 7) is 0.654. The second kappa shape index (κ2) is 8.16. The highest BCUT2D eigenvalue weighted by Gasteiger charge is 2.19. The van der Waals surface area contributed by atoms with Crippen molar-refractivity contribution in [1.29, 1.82) is 0 Å². The highest BCUT2D eigenvalue weighted by molar-refractivity contribution is 6.31. The van der Waals surface area contributed by atoms with E-state index in [1.807, 2.05) is 36.4 Å². The van der Waals surface area contributed by atoms with Crippen LogP contribution in [-0.4, -0.2) is 27.4 Å². The highest BCUT2D eigenvalue weighted by atomic mass is 35.5. The summed E-state index contributed by atoms with van der Waals surface area (Å²) >= 11 is 6.14. The molecule has 0 atom stereocenters. The Morgan fingerprint density at radius 1 is 1.10 bits per heavy atom. The zero-order valence-corrected chi connectivity index (χ0v) is 17.0. The lowest BCUT2D eigenvalue weighted by atomic mass is 10.2. The fourth-order valence-corrected chi connectivity index (χ4v) is 3.48. The molecular weight excluding hydrogens is 420 g/mol. The van der Waals surface area contributed by atoms with Crippen LogP contribution in [0, 0.1) is 0 Å². The first-order valence-corrected chi connectivity index (χ1v) is 9.94. The average molecular weight is 437 g/mol. The van der Waals surface area contributed by atoms with E-state index >= 15 is 0 Å². The summed E-state index contributed by atoms with van der Waals surface area (Å²) in [6.07, 6.45) is 1.79. The van der Waals surface area contributed by atoms with Crippen LogP contribution in [0.5, 0.6) is 11.5 Å². The van der Waals surface area contributed by atoms with Crippen molar-refractivity contribution in [3.8, 4) is 34.5 Å². The Labute approximate surface area is 182 Å². The standard InChI is InChI=1S/C22H17ClN4O4/c23-16-5-2-1-4-15(16)11-24-20(28)12-27-9-3-6-17(27)22-25-21(26-31-22)14-7-8-18-19(10-14)30-13-29-18/h1-10H,11-13H2,(H,24,28). The zero-order chi connectivity index (χ0) is 21.2. The zero-order valence-electron chi connectivity index (χ0n) is 16.2. The Hall–Kier alpha value is -3.78. The molecule has 1 amide bonds. The minimum atomic E-state index is -0.159. The van der Waals surface area contributed by atoms with E-state index in [0.29, 0.717) is 40.5 Å². The second-order valence-corrected chi connectivity index (χ2v) is 7.29. The molecule has 8 nitrogen and oxygen atoms in total. The van der Waals surface area contributed by atoms with Crippen LogP contribution < -0.4 is 14.8 Å². The maximum Gasteiger partial charge on any atom is 0.274 e. The molecule has 9 heteroatoms. The molecule has 0 radical (unpaired) electrons. The monoisotopic (exact) mass is 436 g/mol. The number of ether oxygens (including phenoxy) is 2. The molecule has 31 heavy (non-hydrogen) atoms. The lowest BCUT2D eigenvalue weighted by Gasteiger charge is -2.09. The molecule has 1 aliphatic rings. The number of nitrogens with zero attached hydrogens (tertiary/aromatic N) is 3. The third-order valence-electron chi connectivity index (χ3n) is 4.85. The van der Waals surface area contributed by atoms with Gasteiger partial charge in [0.05, 0.1) is 0 Å². The third kappa shape index (κ3) is 3.97. The molecule has 0 aliphatic carbocycles. The van der Waals surface area contributed by atoms with Crippen LogP contribution in [-0.2, 0) is 17.9 Å². The predicted molar refractivity (Wildman–Crippen MR) is 113 cm³/mol. The number of aromatic nitrogens is 3. The number of hydrogen-bond acceptors (Lipinski definition) is 6. The largest absolute Gasteiger partial charge is 0.454 e. The number of carbonyl (C=O) groups is 1. The Kier molecular flexibility index (Phi) is 5.05. The van der Waals surface area contributed by atoms with Crippen molar-refractivity contribution < 1.29 is 18.8 Å². The fourth-order valence-electron chi connectivity index (χ4n) is 3.27. The summed E-state index contributed by atoms with van der Waals surface area (Å²) < 4.78 is 17.9. The van der Waals surface area contributed by atoms with E-state index in [4.69, 9.17) is 25.6 Å². The van der Waals surface area contributed by atoms with Crippen LogP contribution in [0.25, 0.3) is 23.0 Å². The van der Waals surface area contributed by atoms with Crippen molar-refractivity contribution in [3.63, 3.8) is 0 Å². The van der Waals surface area contributed by atoms with Gasteiger partial charge in [-0.1, -0.05) is 35.0 Å². The second-order valence-electron chi connectivity index (χ2n) is 6.88. The number of nitrogens with one attached hydrogen (secondary N) is 1. The molecule has 0 fully saturated rings. The molecule has 2 aromatic heterocycles. The van der Waals surface area contributed by atoms with E-state index in [1.54, 1.807) is 29.0 Å². The van der Waals surface area contributed by atoms with Crippen molar-refractivity contribution >= 4 is 17.5 Å². The van der Waals surface area contributed by atoms with Gasteiger partial charge in [0.2, 0.25) is 18.5 Å². The maximum atomic E-state index is 12.4. The van der Waals surface area contributed by atoms with Gasteiger partial charge in [-0.3, -0.25) is 4.79 Å². The summed E-state index contributed by atoms with van der Waals surface area (Å²) in [5.74, 6) is 1.90. The van der Waals surface area contributed by atoms with Gasteiger partial charge >= 0.3 is 0 Å². The lowest BCUT2D eigenvalue weighted by Crippen LogP contribution is -2.27. The molecule has 1 N–H and O–H groups in total. The van der Waals surface area contributed by atoms with Gasteiger partial charge in [-0.05, 0) is 42.0 Å². The van der Waals surface area contributed by atoms with Gasteiger partial charge < -0.3 is 23.9 Å². The van der Waals surface area contributed by atoms with E-state index in [-0.39, 0.29) is 19.2 Å². The number of amides is 1. The van der Waals surface area contributed by atoms with Crippen LogP contribution in [0.15, 0.2) is 65.3 Å². The topological polar surface area (TPSA) is 91.4 Å². The Morgan fingerprint density at radius 2 is 1.97 bits per heavy atom. The SMILES string of the molecule is O=C(Cn1cccc1-c1nc(-c2ccc3c(c2)OCO3)no1)NCc1ccccc1Cl. The van der Waals surface area contributed by atoms with Gasteiger partial charge in [0.15, 0.2) is 11.5 Å². The van der Waals surface area contributed by atoms with E-state index < -0.39 is 0 Å². The number of halogens is 1. The van der Waals surface area contributed by atoms with Gasteiger partial charge in [-0.2, -0.15) is 4.98 Å². The molecule has 156 valence electrons. The summed E-state index contributed by atoms with van der Waals surface area (Å²) in [5.41, 5.74) is 2.25. The number of carbonyl (C=O) groups excluding carboxylic acids is 1. The first kappa shape index (κ1) is 19.2. The smallest absolute Gasteiger partial charge is 0.274 e. The summed E-state index contributed by atoms with van der Waals surface area (Å²) in [4.78, 5) is 16.9. The fraction of sp³-hybridized carbons (Fsp3) is 0.136. The normalized spacial score (nSPS) is 12.2. The van der Waals surface area contributed by atoms with Crippen molar-refractivity contribution in [2.24, 2.45) is 0 Å². The molecule has 0 spiro atoms. The Balaban J connectivity index is 1.29. The van der Waals surface area contributed by atoms with Crippen molar-refractivity contribution in [2.45, 2.75) is 13.1 Å². The van der Waals surface area contributed by atoms with Crippen molar-refractivity contribution in [1.82, 2.24) is 20.0 Å². The molecular formula is C22H17ClN4O4. The lowest BCUT2D eigenvalue weighted by molar-refractivity contribution is -0.121. The molecule has 0 saturated carbocycles. The van der Waals surface area contributed by atoms with Gasteiger partial charge in [0.25, 0.3) is 5.89 Å². The number of hydrogen-bond donors (Lipinski definition) is 1. The van der Waals surface area contributed by atoms with Crippen LogP contribution in [0.2, 0.25) is 5.02 Å². The summed E-state index contributed by atoms with van der Waals surface area (Å²) in [5, 5.41) is 7.55. The number of fused-ring (bicyclic) bond motifs is 1. The molecule has 1 aliphatic heterocycles. The van der Waals surface area contributed by atoms with Gasteiger partial charge in [0.1, 0.15) is 12.2 Å². The van der Waals surface area contributed by atoms with Crippen LogP contribution in [0.4, 0.5) is 0 Å². The van der Waals surface area contributed by atoms with E-state index in [9.17, 15) is 4.79 Å². The van der Waals surface area contributed by atoms with E-state index in [2.05, 4.69) is 15.5 Å². The van der Waals surface area contributed by atoms with E-state index in [0.717, 1.165) is 11.1 Å². The minimum Gasteiger partial charge on any atom is -0.454 e. The third-order valence-corrected chi connectivity index (χ3v) is 5.22. The number of benzene rings is 2. The molecule has 4 aromatic rings. The summed E-state index contributed by atoms with van der Waals surface area (Å²) in [7, 11) is 0. The molecule has 5 rings (SSSR count). The van der Waals surface area contributed by atoms with Crippen LogP contribution in [0.3, 0.4) is 0 Å². The molecule has 3 heterocycles. The Bertz CT molecular complexity index is 1250. The first-order chi connectivity index (χ1) is 15.2. The Morgan fingerprint density at radius 3 is 2.87 bits per heavy atom. The summed E-state index contributed by atoms with van der Waals surface area (Å²) in [6, 6.07) is 16.5. The van der Waals surface area contributed by atoms with Crippen molar-refractivity contribution in [2.75, 3.05) is 6.79 Å². The molecule has 0 unspecified atom stereocenters. The predicted octanol–water partition coefficient (Wildman–Crippen LogP) is 3.90. The van der Waals surface area contributed by atoms with Gasteiger partial charge in [-0.15, -0.1) is 0 Å². The molecule has 2 aromatic carbocycles. The van der Waals surface area contributed by atoms with Crippen molar-refractivity contribution in [3.05, 3.63) is 71.4 Å². The van der Waals surface area contributed by atoms with E-state index in [1.165, 1.54) is 0 Å². The molecule has 0 saturated heterocycles. The van der Waals surface area contributed by atoms with Crippen LogP contribution in [0.1, 0.15) is 5.56 Å². The van der Waals surface area contributed by atoms with Gasteiger partial charge in [0, 0.05) is 23.3 Å². The number of rotatable bonds is 6. The van der Waals surface area contributed by atoms with Gasteiger partial charge in [-0.25, -0.2) is 0 Å². The first-order valence-electron chi connectivity index (χ1n) is 9.57.